The van der Waals surface area contributed by atoms with E-state index in [1.165, 1.54) is 24.0 Å². The first-order chi connectivity index (χ1) is 10.7. The highest BCUT2D eigenvalue weighted by Crippen LogP contribution is 2.28. The van der Waals surface area contributed by atoms with Gasteiger partial charge in [0.2, 0.25) is 0 Å². The van der Waals surface area contributed by atoms with E-state index < -0.39 is 0 Å². The maximum Gasteiger partial charge on any atom is 0.191 e. The van der Waals surface area contributed by atoms with Crippen LogP contribution in [-0.2, 0) is 11.3 Å². The number of rotatable bonds is 8. The molecular weight excluding hydrogens is 342 g/mol. The van der Waals surface area contributed by atoms with E-state index in [-0.39, 0.29) is 0 Å². The lowest BCUT2D eigenvalue weighted by Crippen LogP contribution is -2.37. The second-order valence-electron chi connectivity index (χ2n) is 5.80. The lowest BCUT2D eigenvalue weighted by molar-refractivity contribution is 0.123. The van der Waals surface area contributed by atoms with Crippen LogP contribution in [0.25, 0.3) is 0 Å². The minimum absolute atomic E-state index is 0.775. The molecule has 0 aromatic heterocycles. The van der Waals surface area contributed by atoms with Gasteiger partial charge in [0, 0.05) is 37.8 Å². The molecular formula is C17H26BrN3O. The molecule has 122 valence electrons. The summed E-state index contributed by atoms with van der Waals surface area (Å²) in [5.74, 6) is 1.68. The van der Waals surface area contributed by atoms with Gasteiger partial charge in [0.15, 0.2) is 5.96 Å². The molecule has 1 aromatic rings. The van der Waals surface area contributed by atoms with Crippen molar-refractivity contribution in [3.05, 3.63) is 33.8 Å². The molecule has 0 saturated heterocycles. The normalized spacial score (nSPS) is 15.0. The highest BCUT2D eigenvalue weighted by atomic mass is 79.9. The third kappa shape index (κ3) is 6.36. The van der Waals surface area contributed by atoms with Gasteiger partial charge in [0.05, 0.1) is 0 Å². The van der Waals surface area contributed by atoms with Crippen molar-refractivity contribution >= 4 is 21.9 Å². The van der Waals surface area contributed by atoms with E-state index in [1.54, 1.807) is 7.05 Å². The van der Waals surface area contributed by atoms with Gasteiger partial charge in [-0.2, -0.15) is 0 Å². The third-order valence-electron chi connectivity index (χ3n) is 3.78. The molecule has 1 fully saturated rings. The van der Waals surface area contributed by atoms with Gasteiger partial charge in [-0.15, -0.1) is 0 Å². The number of ether oxygens (including phenoxy) is 1. The average molecular weight is 368 g/mol. The van der Waals surface area contributed by atoms with Gasteiger partial charge in [0.25, 0.3) is 0 Å². The van der Waals surface area contributed by atoms with Crippen LogP contribution in [0.2, 0.25) is 0 Å². The number of aliphatic imine (C=N–C) groups is 1. The van der Waals surface area contributed by atoms with E-state index in [2.05, 4.69) is 56.7 Å². The molecule has 22 heavy (non-hydrogen) atoms. The molecule has 0 atom stereocenters. The first-order valence-electron chi connectivity index (χ1n) is 7.96. The van der Waals surface area contributed by atoms with Crippen molar-refractivity contribution < 1.29 is 4.74 Å². The number of benzene rings is 1. The van der Waals surface area contributed by atoms with E-state index in [4.69, 9.17) is 4.74 Å². The van der Waals surface area contributed by atoms with Gasteiger partial charge in [-0.25, -0.2) is 0 Å². The first kappa shape index (κ1) is 17.3. The summed E-state index contributed by atoms with van der Waals surface area (Å²) in [4.78, 5) is 4.25. The lowest BCUT2D eigenvalue weighted by Gasteiger charge is -2.13. The van der Waals surface area contributed by atoms with Gasteiger partial charge in [-0.3, -0.25) is 4.99 Å². The van der Waals surface area contributed by atoms with Gasteiger partial charge >= 0.3 is 0 Å². The topological polar surface area (TPSA) is 45.7 Å². The first-order valence-corrected chi connectivity index (χ1v) is 8.75. The average Bonchev–Trinajstić information content (AvgIpc) is 3.31. The SMILES string of the molecule is CN=C(NCCCOCC1CC1)NCc1ccc(Br)cc1C. The molecule has 0 heterocycles. The van der Waals surface area contributed by atoms with Crippen LogP contribution in [0, 0.1) is 12.8 Å². The van der Waals surface area contributed by atoms with Crippen LogP contribution in [0.5, 0.6) is 0 Å². The minimum Gasteiger partial charge on any atom is -0.381 e. The standard InChI is InChI=1S/C17H26BrN3O/c1-13-10-16(18)7-6-15(13)11-21-17(19-2)20-8-3-9-22-12-14-4-5-14/h6-7,10,14H,3-5,8-9,11-12H2,1-2H3,(H2,19,20,21). The fraction of sp³-hybridized carbons (Fsp3) is 0.588. The summed E-state index contributed by atoms with van der Waals surface area (Å²) in [6.07, 6.45) is 3.71. The highest BCUT2D eigenvalue weighted by Gasteiger charge is 2.20. The Morgan fingerprint density at radius 1 is 1.36 bits per heavy atom. The van der Waals surface area contributed by atoms with Crippen molar-refractivity contribution in [2.45, 2.75) is 32.7 Å². The molecule has 1 aliphatic carbocycles. The third-order valence-corrected chi connectivity index (χ3v) is 4.28. The van der Waals surface area contributed by atoms with Crippen LogP contribution in [0.1, 0.15) is 30.4 Å². The number of hydrogen-bond donors (Lipinski definition) is 2. The summed E-state index contributed by atoms with van der Waals surface area (Å²) in [6.45, 7) is 5.54. The molecule has 0 aliphatic heterocycles. The van der Waals surface area contributed by atoms with Gasteiger partial charge < -0.3 is 15.4 Å². The number of nitrogens with zero attached hydrogens (tertiary/aromatic N) is 1. The summed E-state index contributed by atoms with van der Waals surface area (Å²) < 4.78 is 6.74. The van der Waals surface area contributed by atoms with Crippen molar-refractivity contribution in [1.29, 1.82) is 0 Å². The van der Waals surface area contributed by atoms with Gasteiger partial charge in [0.1, 0.15) is 0 Å². The second-order valence-corrected chi connectivity index (χ2v) is 6.71. The fourth-order valence-corrected chi connectivity index (χ4v) is 2.65. The predicted octanol–water partition coefficient (Wildman–Crippen LogP) is 3.24. The zero-order chi connectivity index (χ0) is 15.8. The molecule has 2 rings (SSSR count). The molecule has 2 N–H and O–H groups in total. The molecule has 1 aliphatic rings. The van der Waals surface area contributed by atoms with Crippen LogP contribution in [0.15, 0.2) is 27.7 Å². The van der Waals surface area contributed by atoms with Crippen molar-refractivity contribution in [3.63, 3.8) is 0 Å². The largest absolute Gasteiger partial charge is 0.381 e. The maximum atomic E-state index is 5.62. The Morgan fingerprint density at radius 2 is 2.18 bits per heavy atom. The molecule has 1 saturated carbocycles. The molecule has 5 heteroatoms. The predicted molar refractivity (Wildman–Crippen MR) is 95.2 cm³/mol. The summed E-state index contributed by atoms with van der Waals surface area (Å²) in [7, 11) is 1.80. The van der Waals surface area contributed by atoms with E-state index in [0.717, 1.165) is 49.1 Å². The molecule has 0 radical (unpaired) electrons. The molecule has 4 nitrogen and oxygen atoms in total. The summed E-state index contributed by atoms with van der Waals surface area (Å²) in [5, 5.41) is 6.67. The monoisotopic (exact) mass is 367 g/mol. The molecule has 0 bridgehead atoms. The smallest absolute Gasteiger partial charge is 0.191 e. The number of halogens is 1. The molecule has 0 unspecified atom stereocenters. The van der Waals surface area contributed by atoms with E-state index >= 15 is 0 Å². The Hall–Kier alpha value is -1.07. The fourth-order valence-electron chi connectivity index (χ4n) is 2.17. The number of guanidine groups is 1. The van der Waals surface area contributed by atoms with Gasteiger partial charge in [-0.1, -0.05) is 22.0 Å². The minimum atomic E-state index is 0.775. The van der Waals surface area contributed by atoms with Crippen molar-refractivity contribution in [1.82, 2.24) is 10.6 Å². The van der Waals surface area contributed by atoms with Crippen LogP contribution in [0.4, 0.5) is 0 Å². The van der Waals surface area contributed by atoms with Crippen LogP contribution in [0.3, 0.4) is 0 Å². The zero-order valence-electron chi connectivity index (χ0n) is 13.5. The number of nitrogens with one attached hydrogen (secondary N) is 2. The maximum absolute atomic E-state index is 5.62. The summed E-state index contributed by atoms with van der Waals surface area (Å²) in [6, 6.07) is 6.33. The van der Waals surface area contributed by atoms with Crippen molar-refractivity contribution in [2.24, 2.45) is 10.9 Å². The van der Waals surface area contributed by atoms with Gasteiger partial charge in [-0.05, 0) is 55.4 Å². The second kappa shape index (κ2) is 9.16. The quantitative estimate of drug-likeness (QED) is 0.421. The van der Waals surface area contributed by atoms with Crippen LogP contribution in [-0.4, -0.2) is 32.8 Å². The van der Waals surface area contributed by atoms with E-state index in [9.17, 15) is 0 Å². The van der Waals surface area contributed by atoms with E-state index in [1.807, 2.05) is 0 Å². The van der Waals surface area contributed by atoms with E-state index in [0.29, 0.717) is 0 Å². The zero-order valence-corrected chi connectivity index (χ0v) is 15.1. The summed E-state index contributed by atoms with van der Waals surface area (Å²) >= 11 is 3.49. The highest BCUT2D eigenvalue weighted by molar-refractivity contribution is 9.10. The number of aryl methyl sites for hydroxylation is 1. The Balaban J connectivity index is 1.61. The van der Waals surface area contributed by atoms with Crippen molar-refractivity contribution in [2.75, 3.05) is 26.8 Å². The molecule has 0 spiro atoms. The molecule has 0 amide bonds. The molecule has 1 aromatic carbocycles. The Kier molecular flexibility index (Phi) is 7.19. The van der Waals surface area contributed by atoms with Crippen LogP contribution < -0.4 is 10.6 Å². The Morgan fingerprint density at radius 3 is 2.86 bits per heavy atom. The van der Waals surface area contributed by atoms with Crippen molar-refractivity contribution in [3.8, 4) is 0 Å². The Labute approximate surface area is 141 Å². The number of hydrogen-bond acceptors (Lipinski definition) is 2. The Bertz CT molecular complexity index is 501. The summed E-state index contributed by atoms with van der Waals surface area (Å²) in [5.41, 5.74) is 2.55. The lowest BCUT2D eigenvalue weighted by atomic mass is 10.1. The van der Waals surface area contributed by atoms with Crippen LogP contribution >= 0.6 is 15.9 Å².